The molecule has 8 nitrogen and oxygen atoms in total. The van der Waals surface area contributed by atoms with E-state index in [1.807, 2.05) is 0 Å². The largest absolute Gasteiger partial charge is 0.388 e. The number of carbonyl (C=O) groups excluding carboxylic acids is 1. The Hall–Kier alpha value is -1.77. The van der Waals surface area contributed by atoms with Crippen LogP contribution in [0, 0.1) is 17.0 Å². The van der Waals surface area contributed by atoms with Gasteiger partial charge in [-0.2, -0.15) is 0 Å². The quantitative estimate of drug-likeness (QED) is 0.413. The number of pyridine rings is 1. The minimum absolute atomic E-state index is 0.0824. The Balaban J connectivity index is 3.04. The van der Waals surface area contributed by atoms with Gasteiger partial charge in [-0.25, -0.2) is 4.98 Å². The van der Waals surface area contributed by atoms with Crippen LogP contribution in [-0.2, 0) is 4.79 Å². The van der Waals surface area contributed by atoms with Crippen LogP contribution in [0.15, 0.2) is 6.20 Å². The summed E-state index contributed by atoms with van der Waals surface area (Å²) in [5.41, 5.74) is -0.224. The van der Waals surface area contributed by atoms with Crippen molar-refractivity contribution in [1.29, 1.82) is 0 Å². The van der Waals surface area contributed by atoms with Gasteiger partial charge in [0.1, 0.15) is 12.2 Å². The molecule has 0 radical (unpaired) electrons. The minimum atomic E-state index is -1.43. The SMILES string of the molecule is CC(=O)NCC(O)C(O)c1cnc(Cl)c([N+](=O)[O-])c1C. The third-order valence-corrected chi connectivity index (χ3v) is 3.00. The summed E-state index contributed by atoms with van der Waals surface area (Å²) in [7, 11) is 0. The first-order chi connectivity index (χ1) is 9.25. The van der Waals surface area contributed by atoms with Gasteiger partial charge in [0.05, 0.1) is 4.92 Å². The van der Waals surface area contributed by atoms with Crippen molar-refractivity contribution >= 4 is 23.2 Å². The molecule has 0 fully saturated rings. The lowest BCUT2D eigenvalue weighted by Crippen LogP contribution is -2.34. The van der Waals surface area contributed by atoms with E-state index >= 15 is 0 Å². The third kappa shape index (κ3) is 3.62. The first-order valence-corrected chi connectivity index (χ1v) is 6.03. The molecule has 1 amide bonds. The number of nitrogens with one attached hydrogen (secondary N) is 1. The van der Waals surface area contributed by atoms with Gasteiger partial charge in [0.2, 0.25) is 11.1 Å². The van der Waals surface area contributed by atoms with E-state index in [-0.39, 0.29) is 28.7 Å². The Morgan fingerprint density at radius 2 is 2.20 bits per heavy atom. The molecule has 0 aliphatic carbocycles. The highest BCUT2D eigenvalue weighted by Crippen LogP contribution is 2.31. The van der Waals surface area contributed by atoms with Crippen LogP contribution < -0.4 is 5.32 Å². The van der Waals surface area contributed by atoms with Gasteiger partial charge in [0.15, 0.2) is 0 Å². The number of aliphatic hydroxyl groups excluding tert-OH is 2. The predicted octanol–water partition coefficient (Wildman–Crippen LogP) is 0.482. The summed E-state index contributed by atoms with van der Waals surface area (Å²) in [5, 5.41) is 32.6. The van der Waals surface area contributed by atoms with E-state index in [0.717, 1.165) is 6.20 Å². The zero-order valence-corrected chi connectivity index (χ0v) is 11.6. The molecule has 2 unspecified atom stereocenters. The van der Waals surface area contributed by atoms with Crippen molar-refractivity contribution in [2.75, 3.05) is 6.54 Å². The molecule has 9 heteroatoms. The predicted molar refractivity (Wildman–Crippen MR) is 70.3 cm³/mol. The molecule has 1 aromatic rings. The van der Waals surface area contributed by atoms with Crippen LogP contribution in [0.4, 0.5) is 5.69 Å². The van der Waals surface area contributed by atoms with Crippen LogP contribution in [0.3, 0.4) is 0 Å². The molecular formula is C11H14ClN3O5. The molecule has 1 heterocycles. The summed E-state index contributed by atoms with van der Waals surface area (Å²) < 4.78 is 0. The van der Waals surface area contributed by atoms with E-state index in [2.05, 4.69) is 10.3 Å². The van der Waals surface area contributed by atoms with Crippen LogP contribution >= 0.6 is 11.6 Å². The van der Waals surface area contributed by atoms with Gasteiger partial charge in [-0.05, 0) is 6.92 Å². The molecule has 0 bridgehead atoms. The Morgan fingerprint density at radius 3 is 2.70 bits per heavy atom. The lowest BCUT2D eigenvalue weighted by Gasteiger charge is -2.19. The van der Waals surface area contributed by atoms with E-state index < -0.39 is 22.8 Å². The van der Waals surface area contributed by atoms with Gasteiger partial charge in [0, 0.05) is 30.8 Å². The first-order valence-electron chi connectivity index (χ1n) is 5.65. The van der Waals surface area contributed by atoms with Gasteiger partial charge in [-0.1, -0.05) is 11.6 Å². The van der Waals surface area contributed by atoms with Crippen molar-refractivity contribution < 1.29 is 19.9 Å². The van der Waals surface area contributed by atoms with Crippen molar-refractivity contribution in [3.05, 3.63) is 32.6 Å². The summed E-state index contributed by atoms with van der Waals surface area (Å²) in [6.45, 7) is 2.47. The van der Waals surface area contributed by atoms with Crippen LogP contribution in [0.25, 0.3) is 0 Å². The lowest BCUT2D eigenvalue weighted by atomic mass is 10.0. The number of rotatable bonds is 5. The van der Waals surface area contributed by atoms with Crippen LogP contribution in [0.5, 0.6) is 0 Å². The molecule has 110 valence electrons. The highest BCUT2D eigenvalue weighted by molar-refractivity contribution is 6.31. The molecule has 1 aromatic heterocycles. The van der Waals surface area contributed by atoms with Gasteiger partial charge >= 0.3 is 5.69 Å². The second kappa shape index (κ2) is 6.60. The first kappa shape index (κ1) is 16.3. The molecule has 20 heavy (non-hydrogen) atoms. The molecule has 1 rings (SSSR count). The lowest BCUT2D eigenvalue weighted by molar-refractivity contribution is -0.385. The average molecular weight is 304 g/mol. The zero-order chi connectivity index (χ0) is 15.4. The summed E-state index contributed by atoms with van der Waals surface area (Å²) in [4.78, 5) is 24.5. The number of nitrogens with zero attached hydrogens (tertiary/aromatic N) is 2. The number of hydrogen-bond donors (Lipinski definition) is 3. The van der Waals surface area contributed by atoms with Gasteiger partial charge < -0.3 is 15.5 Å². The molecule has 0 aromatic carbocycles. The molecular weight excluding hydrogens is 290 g/mol. The molecule has 0 spiro atoms. The van der Waals surface area contributed by atoms with E-state index in [9.17, 15) is 25.1 Å². The Morgan fingerprint density at radius 1 is 1.60 bits per heavy atom. The van der Waals surface area contributed by atoms with Gasteiger partial charge in [-0.3, -0.25) is 14.9 Å². The molecule has 0 aliphatic rings. The average Bonchev–Trinajstić information content (AvgIpc) is 2.34. The Bertz CT molecular complexity index is 537. The zero-order valence-electron chi connectivity index (χ0n) is 10.8. The number of hydrogen-bond acceptors (Lipinski definition) is 6. The smallest absolute Gasteiger partial charge is 0.309 e. The monoisotopic (exact) mass is 303 g/mol. The maximum absolute atomic E-state index is 10.9. The second-order valence-corrected chi connectivity index (χ2v) is 4.54. The Kier molecular flexibility index (Phi) is 5.37. The highest BCUT2D eigenvalue weighted by atomic mass is 35.5. The fourth-order valence-corrected chi connectivity index (χ4v) is 1.91. The maximum atomic E-state index is 10.9. The van der Waals surface area contributed by atoms with E-state index in [1.165, 1.54) is 13.8 Å². The third-order valence-electron chi connectivity index (χ3n) is 2.73. The normalized spacial score (nSPS) is 13.7. The number of amides is 1. The van der Waals surface area contributed by atoms with Crippen LogP contribution in [-0.4, -0.2) is 38.7 Å². The fourth-order valence-electron chi connectivity index (χ4n) is 1.65. The van der Waals surface area contributed by atoms with Gasteiger partial charge in [-0.15, -0.1) is 0 Å². The van der Waals surface area contributed by atoms with Crippen molar-refractivity contribution in [3.8, 4) is 0 Å². The summed E-state index contributed by atoms with van der Waals surface area (Å²) >= 11 is 5.63. The van der Waals surface area contributed by atoms with Crippen molar-refractivity contribution in [1.82, 2.24) is 10.3 Å². The number of halogens is 1. The van der Waals surface area contributed by atoms with Crippen molar-refractivity contribution in [2.24, 2.45) is 0 Å². The molecule has 0 saturated heterocycles. The van der Waals surface area contributed by atoms with Crippen LogP contribution in [0.2, 0.25) is 5.15 Å². The number of carbonyl (C=O) groups is 1. The standard InChI is InChI=1S/C11H14ClN3O5/c1-5-7(3-14-11(12)9(5)15(19)20)10(18)8(17)4-13-6(2)16/h3,8,10,17-18H,4H2,1-2H3,(H,13,16). The second-order valence-electron chi connectivity index (χ2n) is 4.18. The number of aliphatic hydroxyl groups is 2. The minimum Gasteiger partial charge on any atom is -0.388 e. The summed E-state index contributed by atoms with van der Waals surface area (Å²) in [5.74, 6) is -0.367. The summed E-state index contributed by atoms with van der Waals surface area (Å²) in [6, 6.07) is 0. The van der Waals surface area contributed by atoms with Gasteiger partial charge in [0.25, 0.3) is 0 Å². The topological polar surface area (TPSA) is 126 Å². The maximum Gasteiger partial charge on any atom is 0.309 e. The summed E-state index contributed by atoms with van der Waals surface area (Å²) in [6.07, 6.45) is -1.59. The highest BCUT2D eigenvalue weighted by Gasteiger charge is 2.27. The van der Waals surface area contributed by atoms with Crippen molar-refractivity contribution in [2.45, 2.75) is 26.1 Å². The van der Waals surface area contributed by atoms with Crippen LogP contribution in [0.1, 0.15) is 24.2 Å². The Labute approximate surface area is 119 Å². The van der Waals surface area contributed by atoms with E-state index in [1.54, 1.807) is 0 Å². The molecule has 3 N–H and O–H groups in total. The molecule has 0 saturated carbocycles. The van der Waals surface area contributed by atoms with Crippen molar-refractivity contribution in [3.63, 3.8) is 0 Å². The van der Waals surface area contributed by atoms with E-state index in [0.29, 0.717) is 0 Å². The van der Waals surface area contributed by atoms with E-state index in [4.69, 9.17) is 11.6 Å². The molecule has 0 aliphatic heterocycles. The number of nitro groups is 1. The molecule has 2 atom stereocenters. The number of aromatic nitrogens is 1. The fraction of sp³-hybridized carbons (Fsp3) is 0.455.